The van der Waals surface area contributed by atoms with Crippen LogP contribution in [0, 0.1) is 5.92 Å². The first kappa shape index (κ1) is 20.4. The third-order valence-electron chi connectivity index (χ3n) is 3.86. The van der Waals surface area contributed by atoms with Crippen LogP contribution in [0.3, 0.4) is 0 Å². The highest BCUT2D eigenvalue weighted by Crippen LogP contribution is 2.16. The molecule has 7 nitrogen and oxygen atoms in total. The van der Waals surface area contributed by atoms with Crippen LogP contribution in [0.4, 0.5) is 0 Å². The van der Waals surface area contributed by atoms with Crippen LogP contribution < -0.4 is 10.6 Å². The zero-order valence-corrected chi connectivity index (χ0v) is 17.0. The maximum Gasteiger partial charge on any atom is 0.190 e. The number of aliphatic imine (C=N–C) groups is 1. The van der Waals surface area contributed by atoms with E-state index in [0.717, 1.165) is 61.6 Å². The molecule has 2 aromatic rings. The highest BCUT2D eigenvalue weighted by Gasteiger charge is 2.12. The summed E-state index contributed by atoms with van der Waals surface area (Å²) < 4.78 is 7.57. The van der Waals surface area contributed by atoms with Crippen molar-refractivity contribution in [2.24, 2.45) is 10.9 Å². The molecular weight excluding hydrogens is 348 g/mol. The molecule has 0 aliphatic rings. The molecule has 0 aliphatic heterocycles. The number of rotatable bonds is 10. The lowest BCUT2D eigenvalue weighted by Gasteiger charge is -2.13. The Morgan fingerprint density at radius 1 is 1.27 bits per heavy atom. The molecule has 2 rings (SSSR count). The maximum atomic E-state index is 5.33. The molecule has 0 atom stereocenters. The topological polar surface area (TPSA) is 80.3 Å². The van der Waals surface area contributed by atoms with E-state index < -0.39 is 0 Å². The van der Waals surface area contributed by atoms with Gasteiger partial charge in [0.2, 0.25) is 0 Å². The normalized spacial score (nSPS) is 12.0. The Bertz CT molecular complexity index is 665. The number of aryl methyl sites for hydroxylation is 1. The average Bonchev–Trinajstić information content (AvgIpc) is 3.26. The fraction of sp³-hybridized carbons (Fsp3) is 0.611. The third kappa shape index (κ3) is 6.40. The monoisotopic (exact) mass is 378 g/mol. The minimum absolute atomic E-state index is 0.575. The molecule has 2 heterocycles. The molecule has 0 saturated carbocycles. The summed E-state index contributed by atoms with van der Waals surface area (Å²) in [6.07, 6.45) is 6.46. The van der Waals surface area contributed by atoms with Crippen molar-refractivity contribution >= 4 is 17.7 Å². The molecule has 0 fully saturated rings. The standard InChI is InChI=1S/C18H30N6OS/c1-14(2)13-24-16(22-23-18(24)26-4)8-5-10-20-17(19-3)21-11-9-15-7-6-12-25-15/h6-7,12,14H,5,8-11,13H2,1-4H3,(H2,19,20,21). The Morgan fingerprint density at radius 2 is 2.08 bits per heavy atom. The summed E-state index contributed by atoms with van der Waals surface area (Å²) in [6, 6.07) is 3.89. The van der Waals surface area contributed by atoms with E-state index in [2.05, 4.69) is 44.2 Å². The summed E-state index contributed by atoms with van der Waals surface area (Å²) in [4.78, 5) is 4.25. The molecule has 0 radical (unpaired) electrons. The van der Waals surface area contributed by atoms with Crippen molar-refractivity contribution < 1.29 is 4.42 Å². The van der Waals surface area contributed by atoms with E-state index in [1.807, 2.05) is 18.4 Å². The minimum Gasteiger partial charge on any atom is -0.469 e. The third-order valence-corrected chi connectivity index (χ3v) is 4.53. The van der Waals surface area contributed by atoms with Gasteiger partial charge in [-0.2, -0.15) is 0 Å². The predicted octanol–water partition coefficient (Wildman–Crippen LogP) is 2.59. The van der Waals surface area contributed by atoms with Crippen molar-refractivity contribution in [1.29, 1.82) is 0 Å². The lowest BCUT2D eigenvalue weighted by atomic mass is 10.2. The Kier molecular flexibility index (Phi) is 8.53. The molecule has 0 spiro atoms. The van der Waals surface area contributed by atoms with Crippen molar-refractivity contribution in [1.82, 2.24) is 25.4 Å². The molecule has 0 unspecified atom stereocenters. The van der Waals surface area contributed by atoms with E-state index in [-0.39, 0.29) is 0 Å². The Hall–Kier alpha value is -1.96. The molecule has 144 valence electrons. The molecule has 26 heavy (non-hydrogen) atoms. The summed E-state index contributed by atoms with van der Waals surface area (Å²) in [5, 5.41) is 16.3. The summed E-state index contributed by atoms with van der Waals surface area (Å²) in [7, 11) is 1.78. The van der Waals surface area contributed by atoms with Crippen molar-refractivity contribution in [3.8, 4) is 0 Å². The van der Waals surface area contributed by atoms with E-state index in [4.69, 9.17) is 4.42 Å². The van der Waals surface area contributed by atoms with Crippen molar-refractivity contribution in [2.75, 3.05) is 26.4 Å². The summed E-state index contributed by atoms with van der Waals surface area (Å²) in [5.41, 5.74) is 0. The number of nitrogens with one attached hydrogen (secondary N) is 2. The second-order valence-electron chi connectivity index (χ2n) is 6.47. The molecule has 8 heteroatoms. The Balaban J connectivity index is 1.72. The highest BCUT2D eigenvalue weighted by molar-refractivity contribution is 7.98. The van der Waals surface area contributed by atoms with Gasteiger partial charge in [0.05, 0.1) is 6.26 Å². The van der Waals surface area contributed by atoms with Gasteiger partial charge >= 0.3 is 0 Å². The van der Waals surface area contributed by atoms with Crippen LogP contribution in [0.1, 0.15) is 31.9 Å². The SMILES string of the molecule is CN=C(NCCCc1nnc(SC)n1CC(C)C)NCCc1ccco1. The fourth-order valence-corrected chi connectivity index (χ4v) is 3.16. The minimum atomic E-state index is 0.575. The summed E-state index contributed by atoms with van der Waals surface area (Å²) in [6.45, 7) is 7.01. The summed E-state index contributed by atoms with van der Waals surface area (Å²) >= 11 is 1.65. The van der Waals surface area contributed by atoms with Crippen LogP contribution in [0.2, 0.25) is 0 Å². The lowest BCUT2D eigenvalue weighted by molar-refractivity contribution is 0.477. The largest absolute Gasteiger partial charge is 0.469 e. The van der Waals surface area contributed by atoms with E-state index in [9.17, 15) is 0 Å². The zero-order valence-electron chi connectivity index (χ0n) is 16.2. The van der Waals surface area contributed by atoms with Crippen molar-refractivity contribution in [3.05, 3.63) is 30.0 Å². The number of furan rings is 1. The second-order valence-corrected chi connectivity index (χ2v) is 7.24. The van der Waals surface area contributed by atoms with Gasteiger partial charge in [0.25, 0.3) is 0 Å². The van der Waals surface area contributed by atoms with E-state index in [1.165, 1.54) is 0 Å². The fourth-order valence-electron chi connectivity index (χ4n) is 2.64. The lowest BCUT2D eigenvalue weighted by Crippen LogP contribution is -2.38. The Morgan fingerprint density at radius 3 is 2.73 bits per heavy atom. The molecule has 0 bridgehead atoms. The van der Waals surface area contributed by atoms with Gasteiger partial charge < -0.3 is 19.6 Å². The van der Waals surface area contributed by atoms with Gasteiger partial charge in [-0.25, -0.2) is 0 Å². The highest BCUT2D eigenvalue weighted by atomic mass is 32.2. The number of hydrogen-bond donors (Lipinski definition) is 2. The second kappa shape index (κ2) is 10.9. The van der Waals surface area contributed by atoms with Gasteiger partial charge in [-0.05, 0) is 30.7 Å². The molecule has 0 saturated heterocycles. The number of guanidine groups is 1. The number of thioether (sulfide) groups is 1. The van der Waals surface area contributed by atoms with E-state index >= 15 is 0 Å². The van der Waals surface area contributed by atoms with Gasteiger partial charge in [-0.1, -0.05) is 25.6 Å². The maximum absolute atomic E-state index is 5.33. The molecule has 0 aromatic carbocycles. The number of hydrogen-bond acceptors (Lipinski definition) is 5. The Labute approximate surface area is 160 Å². The molecule has 0 amide bonds. The first-order valence-electron chi connectivity index (χ1n) is 9.07. The predicted molar refractivity (Wildman–Crippen MR) is 107 cm³/mol. The van der Waals surface area contributed by atoms with Crippen LogP contribution in [-0.2, 0) is 19.4 Å². The van der Waals surface area contributed by atoms with Gasteiger partial charge in [0.15, 0.2) is 11.1 Å². The number of aromatic nitrogens is 3. The quantitative estimate of drug-likeness (QED) is 0.286. The molecule has 0 aliphatic carbocycles. The number of nitrogens with zero attached hydrogens (tertiary/aromatic N) is 4. The van der Waals surface area contributed by atoms with E-state index in [1.54, 1.807) is 25.1 Å². The molecule has 2 aromatic heterocycles. The molecule has 2 N–H and O–H groups in total. The van der Waals surface area contributed by atoms with Crippen LogP contribution in [-0.4, -0.2) is 47.1 Å². The van der Waals surface area contributed by atoms with Crippen LogP contribution >= 0.6 is 11.8 Å². The smallest absolute Gasteiger partial charge is 0.190 e. The van der Waals surface area contributed by atoms with Crippen LogP contribution in [0.5, 0.6) is 0 Å². The zero-order chi connectivity index (χ0) is 18.8. The van der Waals surface area contributed by atoms with Gasteiger partial charge in [0.1, 0.15) is 11.6 Å². The van der Waals surface area contributed by atoms with E-state index in [0.29, 0.717) is 5.92 Å². The van der Waals surface area contributed by atoms with Gasteiger partial charge in [-0.3, -0.25) is 4.99 Å². The van der Waals surface area contributed by atoms with Crippen LogP contribution in [0.25, 0.3) is 0 Å². The van der Waals surface area contributed by atoms with Crippen molar-refractivity contribution in [3.63, 3.8) is 0 Å². The van der Waals surface area contributed by atoms with Gasteiger partial charge in [0, 0.05) is 39.5 Å². The first-order valence-corrected chi connectivity index (χ1v) is 10.3. The van der Waals surface area contributed by atoms with Crippen LogP contribution in [0.15, 0.2) is 33.0 Å². The average molecular weight is 379 g/mol. The van der Waals surface area contributed by atoms with Crippen molar-refractivity contribution in [2.45, 2.75) is 44.8 Å². The summed E-state index contributed by atoms with van der Waals surface area (Å²) in [5.74, 6) is 3.42. The first-order chi connectivity index (χ1) is 12.6. The van der Waals surface area contributed by atoms with Gasteiger partial charge in [-0.15, -0.1) is 10.2 Å². The molecular formula is C18H30N6OS.